The highest BCUT2D eigenvalue weighted by Gasteiger charge is 2.08. The second kappa shape index (κ2) is 5.79. The number of anilines is 2. The highest BCUT2D eigenvalue weighted by atomic mass is 35.5. The van der Waals surface area contributed by atoms with E-state index in [1.165, 1.54) is 6.07 Å². The molecule has 0 fully saturated rings. The summed E-state index contributed by atoms with van der Waals surface area (Å²) in [6.45, 7) is 3.88. The van der Waals surface area contributed by atoms with Crippen LogP contribution >= 0.6 is 11.6 Å². The number of halogens is 2. The topological polar surface area (TPSA) is 59.9 Å². The molecule has 0 radical (unpaired) electrons. The van der Waals surface area contributed by atoms with Crippen LogP contribution in [0.4, 0.5) is 16.0 Å². The van der Waals surface area contributed by atoms with E-state index in [0.29, 0.717) is 17.9 Å². The molecule has 5 nitrogen and oxygen atoms in total. The molecule has 1 aromatic carbocycles. The number of rotatable bonds is 4. The van der Waals surface area contributed by atoms with Crippen LogP contribution in [-0.4, -0.2) is 21.6 Å². The van der Waals surface area contributed by atoms with Crippen molar-refractivity contribution in [2.45, 2.75) is 13.8 Å². The summed E-state index contributed by atoms with van der Waals surface area (Å²) in [5.41, 5.74) is 1.03. The molecule has 0 bridgehead atoms. The Morgan fingerprint density at radius 3 is 2.84 bits per heavy atom. The molecular weight excluding hydrogens is 271 g/mol. The lowest BCUT2D eigenvalue weighted by Gasteiger charge is -2.09. The van der Waals surface area contributed by atoms with Gasteiger partial charge >= 0.3 is 6.01 Å². The van der Waals surface area contributed by atoms with Crippen LogP contribution in [0.1, 0.15) is 12.5 Å². The molecule has 0 unspecified atom stereocenters. The monoisotopic (exact) mass is 282 g/mol. The van der Waals surface area contributed by atoms with Crippen LogP contribution in [0.15, 0.2) is 18.2 Å². The molecule has 0 spiro atoms. The standard InChI is InChI=1S/C12H12ClFN4O/c1-3-19-12-17-10(13)16-11(18-12)15-9-6-4-5-8(14)7(9)2/h4-6H,3H2,1-2H3,(H,15,16,17,18). The first kappa shape index (κ1) is 13.5. The number of nitrogens with zero attached hydrogens (tertiary/aromatic N) is 3. The third-order valence-electron chi connectivity index (χ3n) is 2.38. The maximum Gasteiger partial charge on any atom is 0.322 e. The molecule has 2 aromatic rings. The minimum atomic E-state index is -0.310. The van der Waals surface area contributed by atoms with Crippen LogP contribution < -0.4 is 10.1 Å². The Labute approximate surface area is 114 Å². The lowest BCUT2D eigenvalue weighted by Crippen LogP contribution is -2.04. The van der Waals surface area contributed by atoms with E-state index in [-0.39, 0.29) is 23.1 Å². The Bertz CT molecular complexity index is 594. The van der Waals surface area contributed by atoms with Crippen molar-refractivity contribution in [3.05, 3.63) is 34.9 Å². The fraction of sp³-hybridized carbons (Fsp3) is 0.250. The van der Waals surface area contributed by atoms with Gasteiger partial charge in [-0.05, 0) is 37.6 Å². The SMILES string of the molecule is CCOc1nc(Cl)nc(Nc2cccc(F)c2C)n1. The van der Waals surface area contributed by atoms with Crippen LogP contribution in [0.25, 0.3) is 0 Å². The molecule has 7 heteroatoms. The van der Waals surface area contributed by atoms with Crippen LogP contribution in [-0.2, 0) is 0 Å². The predicted molar refractivity (Wildman–Crippen MR) is 70.4 cm³/mol. The summed E-state index contributed by atoms with van der Waals surface area (Å²) in [5, 5.41) is 2.90. The fourth-order valence-corrected chi connectivity index (χ4v) is 1.60. The Kier molecular flexibility index (Phi) is 4.11. The smallest absolute Gasteiger partial charge is 0.322 e. The Balaban J connectivity index is 2.30. The molecule has 0 amide bonds. The van der Waals surface area contributed by atoms with Gasteiger partial charge in [-0.25, -0.2) is 4.39 Å². The van der Waals surface area contributed by atoms with Crippen molar-refractivity contribution in [2.75, 3.05) is 11.9 Å². The number of hydrogen-bond acceptors (Lipinski definition) is 5. The van der Waals surface area contributed by atoms with Gasteiger partial charge < -0.3 is 10.1 Å². The maximum atomic E-state index is 13.4. The number of aromatic nitrogens is 3. The van der Waals surface area contributed by atoms with Crippen molar-refractivity contribution in [3.63, 3.8) is 0 Å². The predicted octanol–water partition coefficient (Wildman–Crippen LogP) is 3.11. The average molecular weight is 283 g/mol. The van der Waals surface area contributed by atoms with Crippen molar-refractivity contribution >= 4 is 23.2 Å². The van der Waals surface area contributed by atoms with Crippen molar-refractivity contribution in [1.82, 2.24) is 15.0 Å². The summed E-state index contributed by atoms with van der Waals surface area (Å²) in [6, 6.07) is 4.82. The van der Waals surface area contributed by atoms with E-state index in [1.807, 2.05) is 6.92 Å². The van der Waals surface area contributed by atoms with E-state index in [1.54, 1.807) is 19.1 Å². The molecule has 0 saturated heterocycles. The summed E-state index contributed by atoms with van der Waals surface area (Å²) in [4.78, 5) is 11.8. The first-order valence-electron chi connectivity index (χ1n) is 5.66. The number of benzene rings is 1. The molecule has 100 valence electrons. The molecule has 0 aliphatic carbocycles. The molecule has 0 aliphatic heterocycles. The Hall–Kier alpha value is -1.95. The van der Waals surface area contributed by atoms with E-state index in [4.69, 9.17) is 16.3 Å². The minimum absolute atomic E-state index is 0.00926. The maximum absolute atomic E-state index is 13.4. The van der Waals surface area contributed by atoms with Crippen LogP contribution in [0, 0.1) is 12.7 Å². The minimum Gasteiger partial charge on any atom is -0.464 e. The highest BCUT2D eigenvalue weighted by molar-refractivity contribution is 6.28. The fourth-order valence-electron chi connectivity index (χ4n) is 1.44. The molecule has 1 aromatic heterocycles. The number of nitrogens with one attached hydrogen (secondary N) is 1. The molecule has 1 heterocycles. The third kappa shape index (κ3) is 3.29. The largest absolute Gasteiger partial charge is 0.464 e. The van der Waals surface area contributed by atoms with E-state index >= 15 is 0 Å². The molecule has 2 rings (SSSR count). The quantitative estimate of drug-likeness (QED) is 0.933. The lowest BCUT2D eigenvalue weighted by atomic mass is 10.2. The van der Waals surface area contributed by atoms with Gasteiger partial charge in [0.1, 0.15) is 5.82 Å². The van der Waals surface area contributed by atoms with Crippen LogP contribution in [0.2, 0.25) is 5.28 Å². The molecular formula is C12H12ClFN4O. The van der Waals surface area contributed by atoms with Gasteiger partial charge in [0.2, 0.25) is 11.2 Å². The van der Waals surface area contributed by atoms with Crippen molar-refractivity contribution in [2.24, 2.45) is 0 Å². The van der Waals surface area contributed by atoms with Crippen molar-refractivity contribution in [3.8, 4) is 6.01 Å². The van der Waals surface area contributed by atoms with Gasteiger partial charge in [-0.3, -0.25) is 0 Å². The molecule has 0 aliphatic rings. The summed E-state index contributed by atoms with van der Waals surface area (Å²) in [7, 11) is 0. The first-order chi connectivity index (χ1) is 9.10. The van der Waals surface area contributed by atoms with Gasteiger partial charge in [-0.1, -0.05) is 6.07 Å². The zero-order chi connectivity index (χ0) is 13.8. The van der Waals surface area contributed by atoms with E-state index in [0.717, 1.165) is 0 Å². The van der Waals surface area contributed by atoms with E-state index in [2.05, 4.69) is 20.3 Å². The average Bonchev–Trinajstić information content (AvgIpc) is 2.35. The molecule has 1 N–H and O–H groups in total. The number of ether oxygens (including phenoxy) is 1. The van der Waals surface area contributed by atoms with Gasteiger partial charge in [0, 0.05) is 11.3 Å². The van der Waals surface area contributed by atoms with Gasteiger partial charge in [0.25, 0.3) is 0 Å². The lowest BCUT2D eigenvalue weighted by molar-refractivity contribution is 0.312. The summed E-state index contributed by atoms with van der Waals surface area (Å²) < 4.78 is 18.6. The second-order valence-corrected chi connectivity index (χ2v) is 4.02. The van der Waals surface area contributed by atoms with Gasteiger partial charge in [-0.2, -0.15) is 15.0 Å². The van der Waals surface area contributed by atoms with E-state index in [9.17, 15) is 4.39 Å². The Morgan fingerprint density at radius 2 is 2.11 bits per heavy atom. The van der Waals surface area contributed by atoms with Crippen LogP contribution in [0.5, 0.6) is 6.01 Å². The van der Waals surface area contributed by atoms with Crippen molar-refractivity contribution < 1.29 is 9.13 Å². The van der Waals surface area contributed by atoms with E-state index < -0.39 is 0 Å². The second-order valence-electron chi connectivity index (χ2n) is 3.68. The third-order valence-corrected chi connectivity index (χ3v) is 2.54. The van der Waals surface area contributed by atoms with Gasteiger partial charge in [-0.15, -0.1) is 0 Å². The van der Waals surface area contributed by atoms with Gasteiger partial charge in [0.15, 0.2) is 0 Å². The van der Waals surface area contributed by atoms with Crippen molar-refractivity contribution in [1.29, 1.82) is 0 Å². The zero-order valence-corrected chi connectivity index (χ0v) is 11.2. The zero-order valence-electron chi connectivity index (χ0n) is 10.4. The molecule has 0 saturated carbocycles. The molecule has 19 heavy (non-hydrogen) atoms. The molecule has 0 atom stereocenters. The number of hydrogen-bond donors (Lipinski definition) is 1. The summed E-state index contributed by atoms with van der Waals surface area (Å²) in [5.74, 6) is -0.104. The normalized spacial score (nSPS) is 10.3. The Morgan fingerprint density at radius 1 is 1.32 bits per heavy atom. The summed E-state index contributed by atoms with van der Waals surface area (Å²) in [6.07, 6.45) is 0. The van der Waals surface area contributed by atoms with Gasteiger partial charge in [0.05, 0.1) is 6.61 Å². The summed E-state index contributed by atoms with van der Waals surface area (Å²) >= 11 is 5.77. The first-order valence-corrected chi connectivity index (χ1v) is 6.04. The van der Waals surface area contributed by atoms with Crippen LogP contribution in [0.3, 0.4) is 0 Å². The highest BCUT2D eigenvalue weighted by Crippen LogP contribution is 2.21.